The fraction of sp³-hybridized carbons (Fsp3) is 0.208. The second-order valence-electron chi connectivity index (χ2n) is 7.84. The van der Waals surface area contributed by atoms with Gasteiger partial charge in [0.2, 0.25) is 0 Å². The van der Waals surface area contributed by atoms with Crippen molar-refractivity contribution in [2.75, 3.05) is 0 Å². The van der Waals surface area contributed by atoms with Crippen LogP contribution in [0.1, 0.15) is 29.4 Å². The van der Waals surface area contributed by atoms with Crippen molar-refractivity contribution in [3.63, 3.8) is 0 Å². The van der Waals surface area contributed by atoms with Gasteiger partial charge in [-0.3, -0.25) is 4.79 Å². The van der Waals surface area contributed by atoms with Gasteiger partial charge in [-0.15, -0.1) is 10.2 Å². The zero-order valence-electron chi connectivity index (χ0n) is 18.3. The van der Waals surface area contributed by atoms with Gasteiger partial charge in [0.1, 0.15) is 11.3 Å². The summed E-state index contributed by atoms with van der Waals surface area (Å²) < 4.78 is 8.98. The van der Waals surface area contributed by atoms with Crippen LogP contribution < -0.4 is 4.74 Å². The van der Waals surface area contributed by atoms with E-state index in [2.05, 4.69) is 10.2 Å². The highest BCUT2D eigenvalue weighted by atomic mass is 16.5. The van der Waals surface area contributed by atoms with E-state index in [1.165, 1.54) is 6.92 Å². The van der Waals surface area contributed by atoms with Gasteiger partial charge in [-0.25, -0.2) is 4.68 Å². The maximum atomic E-state index is 11.3. The molecule has 0 bridgehead atoms. The topological polar surface area (TPSA) is 87.7 Å². The van der Waals surface area contributed by atoms with Crippen LogP contribution in [0.15, 0.2) is 48.5 Å². The normalized spacial score (nSPS) is 11.4. The monoisotopic (exact) mass is 426 g/mol. The molecule has 0 radical (unpaired) electrons. The summed E-state index contributed by atoms with van der Waals surface area (Å²) in [5.74, 6) is 0.631. The Kier molecular flexibility index (Phi) is 4.70. The van der Waals surface area contributed by atoms with Gasteiger partial charge in [0.25, 0.3) is 5.95 Å². The summed E-state index contributed by atoms with van der Waals surface area (Å²) >= 11 is 0. The van der Waals surface area contributed by atoms with Gasteiger partial charge in [0.05, 0.1) is 11.2 Å². The summed E-state index contributed by atoms with van der Waals surface area (Å²) in [6, 6.07) is 15.6. The summed E-state index contributed by atoms with van der Waals surface area (Å²) in [5, 5.41) is 14.6. The summed E-state index contributed by atoms with van der Waals surface area (Å²) in [7, 11) is 1.98. The number of carbonyl (C=O) groups excluding carboxylic acids is 1. The van der Waals surface area contributed by atoms with Crippen LogP contribution in [0.25, 0.3) is 28.0 Å². The van der Waals surface area contributed by atoms with E-state index in [-0.39, 0.29) is 5.97 Å². The van der Waals surface area contributed by atoms with Crippen molar-refractivity contribution in [3.8, 4) is 11.7 Å². The Morgan fingerprint density at radius 1 is 1.06 bits per heavy atom. The Hall–Kier alpha value is -4.07. The Bertz CT molecular complexity index is 1500. The molecule has 0 amide bonds. The quantitative estimate of drug-likeness (QED) is 0.321. The first-order valence-corrected chi connectivity index (χ1v) is 10.3. The summed E-state index contributed by atoms with van der Waals surface area (Å²) in [5.41, 5.74) is 6.53. The first-order valence-electron chi connectivity index (χ1n) is 10.3. The van der Waals surface area contributed by atoms with Crippen LogP contribution in [-0.2, 0) is 18.3 Å². The number of para-hydroxylation sites is 1. The van der Waals surface area contributed by atoms with Gasteiger partial charge in [-0.05, 0) is 37.6 Å². The molecule has 0 spiro atoms. The van der Waals surface area contributed by atoms with Crippen molar-refractivity contribution in [2.24, 2.45) is 7.05 Å². The van der Waals surface area contributed by atoms with Crippen molar-refractivity contribution < 1.29 is 9.53 Å². The van der Waals surface area contributed by atoms with Gasteiger partial charge >= 0.3 is 5.97 Å². The first-order chi connectivity index (χ1) is 15.4. The molecule has 0 saturated heterocycles. The number of hydrogen-bond donors (Lipinski definition) is 0. The SMILES string of the molecule is CC(=O)Oc1cccc(Cc2c(C)nn(-c3nnc4c5ccccc5n(C)c4n3)c2C)c1. The number of carbonyl (C=O) groups is 1. The molecule has 0 aliphatic rings. The Labute approximate surface area is 184 Å². The highest BCUT2D eigenvalue weighted by Crippen LogP contribution is 2.26. The number of aromatic nitrogens is 6. The molecule has 32 heavy (non-hydrogen) atoms. The second kappa shape index (κ2) is 7.56. The molecule has 3 heterocycles. The summed E-state index contributed by atoms with van der Waals surface area (Å²) in [6.45, 7) is 5.36. The number of aryl methyl sites for hydroxylation is 2. The molecule has 0 N–H and O–H groups in total. The van der Waals surface area contributed by atoms with E-state index in [0.717, 1.165) is 44.6 Å². The van der Waals surface area contributed by atoms with E-state index in [4.69, 9.17) is 14.8 Å². The van der Waals surface area contributed by atoms with Gasteiger partial charge < -0.3 is 9.30 Å². The molecular weight excluding hydrogens is 404 g/mol. The molecule has 3 aromatic heterocycles. The summed E-state index contributed by atoms with van der Waals surface area (Å²) in [4.78, 5) is 16.1. The third-order valence-electron chi connectivity index (χ3n) is 5.67. The largest absolute Gasteiger partial charge is 0.427 e. The zero-order valence-corrected chi connectivity index (χ0v) is 18.3. The number of esters is 1. The third kappa shape index (κ3) is 3.30. The van der Waals surface area contributed by atoms with Crippen molar-refractivity contribution >= 4 is 28.0 Å². The van der Waals surface area contributed by atoms with Gasteiger partial charge in [0.15, 0.2) is 5.65 Å². The maximum absolute atomic E-state index is 11.3. The number of rotatable bonds is 4. The fourth-order valence-corrected chi connectivity index (χ4v) is 4.10. The van der Waals surface area contributed by atoms with Gasteiger partial charge in [0, 0.05) is 37.0 Å². The van der Waals surface area contributed by atoms with E-state index in [1.54, 1.807) is 10.7 Å². The van der Waals surface area contributed by atoms with Crippen LogP contribution in [0.3, 0.4) is 0 Å². The molecule has 0 aliphatic heterocycles. The minimum absolute atomic E-state index is 0.337. The molecule has 0 fully saturated rings. The number of benzene rings is 2. The van der Waals surface area contributed by atoms with Crippen molar-refractivity contribution in [1.82, 2.24) is 29.5 Å². The molecule has 5 aromatic rings. The molecule has 0 saturated carbocycles. The van der Waals surface area contributed by atoms with Crippen molar-refractivity contribution in [1.29, 1.82) is 0 Å². The molecule has 8 nitrogen and oxygen atoms in total. The van der Waals surface area contributed by atoms with Crippen LogP contribution in [0, 0.1) is 13.8 Å². The Morgan fingerprint density at radius 2 is 1.88 bits per heavy atom. The van der Waals surface area contributed by atoms with Crippen LogP contribution in [0.2, 0.25) is 0 Å². The lowest BCUT2D eigenvalue weighted by Crippen LogP contribution is -2.07. The smallest absolute Gasteiger partial charge is 0.308 e. The van der Waals surface area contributed by atoms with E-state index in [9.17, 15) is 4.79 Å². The lowest BCUT2D eigenvalue weighted by molar-refractivity contribution is -0.131. The molecule has 2 aromatic carbocycles. The lowest BCUT2D eigenvalue weighted by atomic mass is 10.0. The standard InChI is InChI=1S/C24H22N6O2/c1-14-20(13-17-8-7-9-18(12-17)32-16(3)31)15(2)30(28-14)24-25-23-22(26-27-24)19-10-5-6-11-21(19)29(23)4/h5-12H,13H2,1-4H3. The van der Waals surface area contributed by atoms with Crippen LogP contribution in [0.5, 0.6) is 5.75 Å². The second-order valence-corrected chi connectivity index (χ2v) is 7.84. The fourth-order valence-electron chi connectivity index (χ4n) is 4.10. The van der Waals surface area contributed by atoms with E-state index < -0.39 is 0 Å². The van der Waals surface area contributed by atoms with Crippen LogP contribution >= 0.6 is 0 Å². The molecule has 0 aliphatic carbocycles. The first kappa shape index (κ1) is 19.9. The molecule has 5 rings (SSSR count). The summed E-state index contributed by atoms with van der Waals surface area (Å²) in [6.07, 6.45) is 0.649. The van der Waals surface area contributed by atoms with E-state index in [1.807, 2.05) is 67.9 Å². The van der Waals surface area contributed by atoms with Crippen LogP contribution in [0.4, 0.5) is 0 Å². The van der Waals surface area contributed by atoms with Crippen LogP contribution in [-0.4, -0.2) is 35.5 Å². The van der Waals surface area contributed by atoms with E-state index >= 15 is 0 Å². The maximum Gasteiger partial charge on any atom is 0.308 e. The third-order valence-corrected chi connectivity index (χ3v) is 5.67. The molecule has 8 heteroatoms. The van der Waals surface area contributed by atoms with Gasteiger partial charge in [-0.1, -0.05) is 30.3 Å². The average molecular weight is 426 g/mol. The molecule has 0 atom stereocenters. The van der Waals surface area contributed by atoms with E-state index in [0.29, 0.717) is 18.1 Å². The van der Waals surface area contributed by atoms with Gasteiger partial charge in [-0.2, -0.15) is 10.1 Å². The molecule has 160 valence electrons. The predicted molar refractivity (Wildman–Crippen MR) is 121 cm³/mol. The number of ether oxygens (including phenoxy) is 1. The minimum Gasteiger partial charge on any atom is -0.427 e. The average Bonchev–Trinajstić information content (AvgIpc) is 3.22. The highest BCUT2D eigenvalue weighted by Gasteiger charge is 2.18. The Morgan fingerprint density at radius 3 is 2.69 bits per heavy atom. The number of hydrogen-bond acceptors (Lipinski definition) is 6. The van der Waals surface area contributed by atoms with Crippen molar-refractivity contribution in [3.05, 3.63) is 71.0 Å². The predicted octanol–water partition coefficient (Wildman–Crippen LogP) is 3.84. The number of nitrogens with zero attached hydrogens (tertiary/aromatic N) is 6. The number of fused-ring (bicyclic) bond motifs is 3. The highest BCUT2D eigenvalue weighted by molar-refractivity contribution is 6.03. The molecule has 0 unspecified atom stereocenters. The van der Waals surface area contributed by atoms with Crippen molar-refractivity contribution in [2.45, 2.75) is 27.2 Å². The zero-order chi connectivity index (χ0) is 22.4. The minimum atomic E-state index is -0.337. The Balaban J connectivity index is 1.54. The molecular formula is C24H22N6O2. The lowest BCUT2D eigenvalue weighted by Gasteiger charge is -2.06.